The lowest BCUT2D eigenvalue weighted by atomic mass is 10.2. The van der Waals surface area contributed by atoms with Gasteiger partial charge in [-0.05, 0) is 42.0 Å². The Morgan fingerprint density at radius 2 is 1.69 bits per heavy atom. The third-order valence-electron chi connectivity index (χ3n) is 4.35. The van der Waals surface area contributed by atoms with Crippen LogP contribution in [0.4, 0.5) is 11.5 Å². The maximum absolute atomic E-state index is 12.3. The summed E-state index contributed by atoms with van der Waals surface area (Å²) >= 11 is 13.5. The SMILES string of the molecule is CN(C)c1nc(SCc2ccc(NC(=O)c3ccc(Cl)cc3)cc2)nc(Cl)c1CC(=O)O. The molecule has 32 heavy (non-hydrogen) atoms. The summed E-state index contributed by atoms with van der Waals surface area (Å²) in [5, 5.41) is 13.1. The van der Waals surface area contributed by atoms with E-state index in [1.807, 2.05) is 24.3 Å². The average Bonchev–Trinajstić information content (AvgIpc) is 2.74. The van der Waals surface area contributed by atoms with E-state index in [0.717, 1.165) is 5.56 Å². The molecule has 7 nitrogen and oxygen atoms in total. The lowest BCUT2D eigenvalue weighted by Crippen LogP contribution is -2.17. The summed E-state index contributed by atoms with van der Waals surface area (Å²) in [6.45, 7) is 0. The van der Waals surface area contributed by atoms with Crippen LogP contribution in [0.5, 0.6) is 0 Å². The third kappa shape index (κ3) is 6.35. The first-order valence-electron chi connectivity index (χ1n) is 9.47. The molecule has 3 aromatic rings. The Kier molecular flexibility index (Phi) is 7.95. The number of halogens is 2. The second kappa shape index (κ2) is 10.7. The molecule has 2 aromatic carbocycles. The zero-order valence-corrected chi connectivity index (χ0v) is 19.6. The van der Waals surface area contributed by atoms with E-state index >= 15 is 0 Å². The molecule has 166 valence electrons. The number of nitrogens with zero attached hydrogens (tertiary/aromatic N) is 3. The van der Waals surface area contributed by atoms with Crippen LogP contribution in [0.3, 0.4) is 0 Å². The van der Waals surface area contributed by atoms with E-state index in [-0.39, 0.29) is 17.5 Å². The van der Waals surface area contributed by atoms with Crippen LogP contribution in [-0.2, 0) is 17.0 Å². The summed E-state index contributed by atoms with van der Waals surface area (Å²) in [5.41, 5.74) is 2.58. The number of thioether (sulfide) groups is 1. The highest BCUT2D eigenvalue weighted by Crippen LogP contribution is 2.29. The van der Waals surface area contributed by atoms with Crippen LogP contribution in [0.25, 0.3) is 0 Å². The molecule has 0 aliphatic carbocycles. The van der Waals surface area contributed by atoms with Crippen molar-refractivity contribution in [3.63, 3.8) is 0 Å². The first-order valence-corrected chi connectivity index (χ1v) is 11.2. The zero-order chi connectivity index (χ0) is 23.3. The number of carboxylic acids is 1. The molecule has 2 N–H and O–H groups in total. The molecular weight excluding hydrogens is 471 g/mol. The predicted molar refractivity (Wildman–Crippen MR) is 128 cm³/mol. The maximum atomic E-state index is 12.3. The standard InChI is InChI=1S/C22H20Cl2N4O3S/c1-28(2)20-17(11-18(29)30)19(24)26-22(27-20)32-12-13-3-9-16(10-4-13)25-21(31)14-5-7-15(23)8-6-14/h3-10H,11-12H2,1-2H3,(H,25,31)(H,29,30). The second-order valence-electron chi connectivity index (χ2n) is 7.01. The van der Waals surface area contributed by atoms with Crippen LogP contribution in [-0.4, -0.2) is 41.0 Å². The van der Waals surface area contributed by atoms with Crippen molar-refractivity contribution in [2.45, 2.75) is 17.3 Å². The summed E-state index contributed by atoms with van der Waals surface area (Å²) < 4.78 is 0. The van der Waals surface area contributed by atoms with Gasteiger partial charge < -0.3 is 15.3 Å². The van der Waals surface area contributed by atoms with E-state index in [4.69, 9.17) is 28.3 Å². The Morgan fingerprint density at radius 3 is 2.28 bits per heavy atom. The number of hydrogen-bond donors (Lipinski definition) is 2. The summed E-state index contributed by atoms with van der Waals surface area (Å²) in [4.78, 5) is 33.8. The molecule has 0 saturated carbocycles. The highest BCUT2D eigenvalue weighted by Gasteiger charge is 2.18. The van der Waals surface area contributed by atoms with Gasteiger partial charge in [0.1, 0.15) is 11.0 Å². The minimum absolute atomic E-state index is 0.133. The molecule has 3 rings (SSSR count). The van der Waals surface area contributed by atoms with Gasteiger partial charge in [0, 0.05) is 41.7 Å². The molecule has 1 aromatic heterocycles. The molecule has 0 fully saturated rings. The number of carbonyl (C=O) groups excluding carboxylic acids is 1. The van der Waals surface area contributed by atoms with Crippen molar-refractivity contribution in [3.8, 4) is 0 Å². The number of amides is 1. The zero-order valence-electron chi connectivity index (χ0n) is 17.3. The normalized spacial score (nSPS) is 10.6. The molecule has 0 aliphatic rings. The number of carbonyl (C=O) groups is 2. The van der Waals surface area contributed by atoms with Gasteiger partial charge in [0.05, 0.1) is 6.42 Å². The van der Waals surface area contributed by atoms with E-state index < -0.39 is 5.97 Å². The Hall–Kier alpha value is -2.81. The van der Waals surface area contributed by atoms with Gasteiger partial charge in [-0.1, -0.05) is 47.1 Å². The lowest BCUT2D eigenvalue weighted by molar-refractivity contribution is -0.136. The fraction of sp³-hybridized carbons (Fsp3) is 0.182. The average molecular weight is 491 g/mol. The quantitative estimate of drug-likeness (QED) is 0.260. The minimum atomic E-state index is -0.998. The van der Waals surface area contributed by atoms with Crippen molar-refractivity contribution < 1.29 is 14.7 Å². The van der Waals surface area contributed by atoms with Crippen molar-refractivity contribution in [1.82, 2.24) is 9.97 Å². The number of hydrogen-bond acceptors (Lipinski definition) is 6. The largest absolute Gasteiger partial charge is 0.481 e. The van der Waals surface area contributed by atoms with Crippen molar-refractivity contribution in [1.29, 1.82) is 0 Å². The highest BCUT2D eigenvalue weighted by molar-refractivity contribution is 7.98. The summed E-state index contributed by atoms with van der Waals surface area (Å²) in [6, 6.07) is 14.1. The molecule has 1 amide bonds. The third-order valence-corrected chi connectivity index (χ3v) is 5.84. The lowest BCUT2D eigenvalue weighted by Gasteiger charge is -2.17. The number of carboxylic acid groups (broad SMARTS) is 1. The summed E-state index contributed by atoms with van der Waals surface area (Å²) in [7, 11) is 3.55. The van der Waals surface area contributed by atoms with E-state index in [2.05, 4.69) is 15.3 Å². The molecule has 1 heterocycles. The molecule has 0 spiro atoms. The van der Waals surface area contributed by atoms with Crippen LogP contribution in [0.1, 0.15) is 21.5 Å². The fourth-order valence-corrected chi connectivity index (χ4v) is 4.00. The van der Waals surface area contributed by atoms with Gasteiger partial charge in [0.15, 0.2) is 5.16 Å². The smallest absolute Gasteiger partial charge is 0.308 e. The number of nitrogens with one attached hydrogen (secondary N) is 1. The fourth-order valence-electron chi connectivity index (χ4n) is 2.80. The van der Waals surface area contributed by atoms with Crippen LogP contribution in [0, 0.1) is 0 Å². The number of rotatable bonds is 8. The number of aliphatic carboxylic acids is 1. The molecule has 0 unspecified atom stereocenters. The first-order chi connectivity index (χ1) is 15.2. The van der Waals surface area contributed by atoms with Gasteiger partial charge in [-0.15, -0.1) is 0 Å². The Morgan fingerprint density at radius 1 is 1.03 bits per heavy atom. The first kappa shape index (κ1) is 23.8. The van der Waals surface area contributed by atoms with E-state index in [9.17, 15) is 9.59 Å². The van der Waals surface area contributed by atoms with Crippen LogP contribution < -0.4 is 10.2 Å². The number of aromatic nitrogens is 2. The van der Waals surface area contributed by atoms with Gasteiger partial charge >= 0.3 is 5.97 Å². The van der Waals surface area contributed by atoms with Crippen molar-refractivity contribution in [2.24, 2.45) is 0 Å². The summed E-state index contributed by atoms with van der Waals surface area (Å²) in [5.74, 6) is -0.158. The molecule has 10 heteroatoms. The van der Waals surface area contributed by atoms with Gasteiger partial charge in [0.2, 0.25) is 0 Å². The number of anilines is 2. The summed E-state index contributed by atoms with van der Waals surface area (Å²) in [6.07, 6.45) is -0.250. The molecule has 0 bridgehead atoms. The Labute approximate surface area is 199 Å². The van der Waals surface area contributed by atoms with Crippen molar-refractivity contribution in [3.05, 3.63) is 75.4 Å². The molecule has 0 aliphatic heterocycles. The van der Waals surface area contributed by atoms with Crippen LogP contribution in [0.15, 0.2) is 53.7 Å². The number of benzene rings is 2. The molecule has 0 atom stereocenters. The van der Waals surface area contributed by atoms with E-state index in [1.54, 1.807) is 43.3 Å². The maximum Gasteiger partial charge on any atom is 0.308 e. The van der Waals surface area contributed by atoms with E-state index in [0.29, 0.717) is 38.6 Å². The van der Waals surface area contributed by atoms with Crippen LogP contribution in [0.2, 0.25) is 10.2 Å². The minimum Gasteiger partial charge on any atom is -0.481 e. The van der Waals surface area contributed by atoms with Gasteiger partial charge in [0.25, 0.3) is 5.91 Å². The van der Waals surface area contributed by atoms with Gasteiger partial charge in [-0.25, -0.2) is 9.97 Å². The Bertz CT molecular complexity index is 1120. The monoisotopic (exact) mass is 490 g/mol. The van der Waals surface area contributed by atoms with E-state index in [1.165, 1.54) is 11.8 Å². The second-order valence-corrected chi connectivity index (χ2v) is 8.75. The highest BCUT2D eigenvalue weighted by atomic mass is 35.5. The molecule has 0 saturated heterocycles. The van der Waals surface area contributed by atoms with Gasteiger partial charge in [-0.3, -0.25) is 9.59 Å². The molecule has 0 radical (unpaired) electrons. The van der Waals surface area contributed by atoms with Gasteiger partial charge in [-0.2, -0.15) is 0 Å². The van der Waals surface area contributed by atoms with Crippen molar-refractivity contribution in [2.75, 3.05) is 24.3 Å². The molecular formula is C22H20Cl2N4O3S. The van der Waals surface area contributed by atoms with Crippen molar-refractivity contribution >= 4 is 58.3 Å². The predicted octanol–water partition coefficient (Wildman–Crippen LogP) is 5.02. The Balaban J connectivity index is 1.65. The topological polar surface area (TPSA) is 95.4 Å². The van der Waals surface area contributed by atoms with Crippen LogP contribution >= 0.6 is 35.0 Å².